The lowest BCUT2D eigenvalue weighted by Gasteiger charge is -2.30. The molecule has 1 heterocycles. The Morgan fingerprint density at radius 1 is 0.739 bits per heavy atom. The minimum absolute atomic E-state index is 0.0613. The molecule has 1 aliphatic heterocycles. The molecule has 1 amide bonds. The number of carbonyl (C=O) groups excluding carboxylic acids is 1. The van der Waals surface area contributed by atoms with E-state index in [2.05, 4.69) is 10.6 Å². The summed E-state index contributed by atoms with van der Waals surface area (Å²) in [5.74, 6) is -0.0613. The molecule has 0 aromatic heterocycles. The van der Waals surface area contributed by atoms with Crippen molar-refractivity contribution in [1.82, 2.24) is 0 Å². The average molecular weight is 300 g/mol. The van der Waals surface area contributed by atoms with E-state index in [1.807, 2.05) is 84.9 Å². The number of rotatable bonds is 3. The summed E-state index contributed by atoms with van der Waals surface area (Å²) in [5.41, 5.74) is 2.71. The number of carbonyl (C=O) groups is 1. The summed E-state index contributed by atoms with van der Waals surface area (Å²) in [6, 6.07) is 27.5. The Bertz CT molecular complexity index is 846. The molecule has 0 fully saturated rings. The quantitative estimate of drug-likeness (QED) is 0.768. The van der Waals surface area contributed by atoms with Gasteiger partial charge in [-0.1, -0.05) is 66.7 Å². The van der Waals surface area contributed by atoms with Gasteiger partial charge in [-0.15, -0.1) is 0 Å². The molecule has 0 unspecified atom stereocenters. The van der Waals surface area contributed by atoms with E-state index in [1.54, 1.807) is 0 Å². The van der Waals surface area contributed by atoms with Gasteiger partial charge in [-0.25, -0.2) is 0 Å². The maximum absolute atomic E-state index is 13.0. The molecular formula is C20H16N2O. The highest BCUT2D eigenvalue weighted by Gasteiger charge is 2.48. The Labute approximate surface area is 135 Å². The molecular weight excluding hydrogens is 284 g/mol. The van der Waals surface area contributed by atoms with Crippen LogP contribution in [0.3, 0.4) is 0 Å². The lowest BCUT2D eigenvalue weighted by Crippen LogP contribution is -2.43. The van der Waals surface area contributed by atoms with Crippen molar-refractivity contribution in [3.63, 3.8) is 0 Å². The Morgan fingerprint density at radius 2 is 1.35 bits per heavy atom. The monoisotopic (exact) mass is 300 g/mol. The molecule has 0 saturated carbocycles. The molecule has 1 atom stereocenters. The number of hydrogen-bond acceptors (Lipinski definition) is 2. The third-order valence-electron chi connectivity index (χ3n) is 4.23. The Balaban J connectivity index is 1.94. The Morgan fingerprint density at radius 3 is 2.09 bits per heavy atom. The summed E-state index contributed by atoms with van der Waals surface area (Å²) in [5, 5.41) is 6.47. The fourth-order valence-electron chi connectivity index (χ4n) is 3.17. The van der Waals surface area contributed by atoms with E-state index in [0.29, 0.717) is 0 Å². The summed E-state index contributed by atoms with van der Waals surface area (Å²) in [4.78, 5) is 13.0. The molecule has 112 valence electrons. The number of para-hydroxylation sites is 2. The van der Waals surface area contributed by atoms with Gasteiger partial charge in [0.15, 0.2) is 5.54 Å². The summed E-state index contributed by atoms with van der Waals surface area (Å²) in [7, 11) is 0. The fraction of sp³-hybridized carbons (Fsp3) is 0.0500. The van der Waals surface area contributed by atoms with Crippen LogP contribution in [0, 0.1) is 0 Å². The highest BCUT2D eigenvalue weighted by atomic mass is 16.2. The Kier molecular flexibility index (Phi) is 3.12. The van der Waals surface area contributed by atoms with Gasteiger partial charge in [0, 0.05) is 16.9 Å². The van der Waals surface area contributed by atoms with Gasteiger partial charge in [0.05, 0.1) is 0 Å². The number of hydrogen-bond donors (Lipinski definition) is 2. The molecule has 0 radical (unpaired) electrons. The fourth-order valence-corrected chi connectivity index (χ4v) is 3.17. The predicted octanol–water partition coefficient (Wildman–Crippen LogP) is 3.99. The molecule has 0 saturated heterocycles. The second kappa shape index (κ2) is 5.29. The van der Waals surface area contributed by atoms with Gasteiger partial charge in [-0.2, -0.15) is 0 Å². The first kappa shape index (κ1) is 13.6. The first-order chi connectivity index (χ1) is 11.3. The molecule has 0 spiro atoms. The van der Waals surface area contributed by atoms with Crippen LogP contribution in [0.5, 0.6) is 0 Å². The molecule has 3 heteroatoms. The molecule has 0 bridgehead atoms. The normalized spacial score (nSPS) is 19.0. The van der Waals surface area contributed by atoms with Crippen molar-refractivity contribution in [3.05, 3.63) is 96.1 Å². The minimum Gasteiger partial charge on any atom is -0.364 e. The third-order valence-corrected chi connectivity index (χ3v) is 4.23. The van der Waals surface area contributed by atoms with E-state index >= 15 is 0 Å². The van der Waals surface area contributed by atoms with E-state index in [0.717, 1.165) is 22.5 Å². The smallest absolute Gasteiger partial charge is 0.259 e. The molecule has 2 N–H and O–H groups in total. The minimum atomic E-state index is -0.917. The lowest BCUT2D eigenvalue weighted by atomic mass is 9.83. The van der Waals surface area contributed by atoms with Gasteiger partial charge in [-0.05, 0) is 23.8 Å². The maximum atomic E-state index is 13.0. The summed E-state index contributed by atoms with van der Waals surface area (Å²) < 4.78 is 0. The third kappa shape index (κ3) is 2.09. The van der Waals surface area contributed by atoms with E-state index in [4.69, 9.17) is 0 Å². The molecule has 3 aromatic rings. The summed E-state index contributed by atoms with van der Waals surface area (Å²) >= 11 is 0. The number of benzene rings is 3. The lowest BCUT2D eigenvalue weighted by molar-refractivity contribution is -0.118. The van der Waals surface area contributed by atoms with Crippen molar-refractivity contribution in [2.75, 3.05) is 10.6 Å². The van der Waals surface area contributed by atoms with Crippen molar-refractivity contribution in [1.29, 1.82) is 0 Å². The molecule has 1 aliphatic rings. The highest BCUT2D eigenvalue weighted by Crippen LogP contribution is 2.43. The van der Waals surface area contributed by atoms with E-state index in [9.17, 15) is 4.79 Å². The van der Waals surface area contributed by atoms with Crippen LogP contribution >= 0.6 is 0 Å². The van der Waals surface area contributed by atoms with Gasteiger partial charge in [0.2, 0.25) is 0 Å². The predicted molar refractivity (Wildman–Crippen MR) is 92.4 cm³/mol. The molecule has 3 aromatic carbocycles. The van der Waals surface area contributed by atoms with Crippen LogP contribution in [-0.2, 0) is 10.3 Å². The number of amides is 1. The average Bonchev–Trinajstić information content (AvgIpc) is 2.89. The van der Waals surface area contributed by atoms with E-state index < -0.39 is 5.54 Å². The highest BCUT2D eigenvalue weighted by molar-refractivity contribution is 6.10. The van der Waals surface area contributed by atoms with Crippen LogP contribution in [0.15, 0.2) is 84.9 Å². The van der Waals surface area contributed by atoms with Crippen molar-refractivity contribution < 1.29 is 4.79 Å². The number of anilines is 2. The molecule has 0 aliphatic carbocycles. The molecule has 3 nitrogen and oxygen atoms in total. The van der Waals surface area contributed by atoms with Crippen LogP contribution in [0.2, 0.25) is 0 Å². The van der Waals surface area contributed by atoms with Crippen LogP contribution in [0.4, 0.5) is 11.4 Å². The van der Waals surface area contributed by atoms with Crippen LogP contribution < -0.4 is 10.6 Å². The van der Waals surface area contributed by atoms with E-state index in [-0.39, 0.29) is 5.91 Å². The topological polar surface area (TPSA) is 41.1 Å². The standard InChI is InChI=1S/C20H16N2O/c23-19-20(15-9-3-1-4-10-15,22-16-11-5-2-6-12-16)17-13-7-8-14-18(17)21-19/h1-14,22H,(H,21,23)/t20-/m0/s1. The Hall–Kier alpha value is -3.07. The van der Waals surface area contributed by atoms with Crippen LogP contribution in [0.25, 0.3) is 0 Å². The van der Waals surface area contributed by atoms with Crippen molar-refractivity contribution in [2.45, 2.75) is 5.54 Å². The zero-order valence-electron chi connectivity index (χ0n) is 12.5. The van der Waals surface area contributed by atoms with Crippen LogP contribution in [0.1, 0.15) is 11.1 Å². The zero-order chi connectivity index (χ0) is 15.7. The van der Waals surface area contributed by atoms with Crippen molar-refractivity contribution in [2.24, 2.45) is 0 Å². The maximum Gasteiger partial charge on any atom is 0.259 e. The van der Waals surface area contributed by atoms with Gasteiger partial charge < -0.3 is 10.6 Å². The largest absolute Gasteiger partial charge is 0.364 e. The molecule has 23 heavy (non-hydrogen) atoms. The second-order valence-corrected chi connectivity index (χ2v) is 5.61. The van der Waals surface area contributed by atoms with Gasteiger partial charge in [0.1, 0.15) is 0 Å². The van der Waals surface area contributed by atoms with Gasteiger partial charge in [-0.3, -0.25) is 4.79 Å². The number of fused-ring (bicyclic) bond motifs is 1. The number of nitrogens with one attached hydrogen (secondary N) is 2. The van der Waals surface area contributed by atoms with Crippen LogP contribution in [-0.4, -0.2) is 5.91 Å². The van der Waals surface area contributed by atoms with Crippen molar-refractivity contribution >= 4 is 17.3 Å². The SMILES string of the molecule is O=C1Nc2ccccc2[C@@]1(Nc1ccccc1)c1ccccc1. The molecule has 4 rings (SSSR count). The second-order valence-electron chi connectivity index (χ2n) is 5.61. The van der Waals surface area contributed by atoms with Gasteiger partial charge in [0.25, 0.3) is 5.91 Å². The first-order valence-electron chi connectivity index (χ1n) is 7.60. The van der Waals surface area contributed by atoms with Gasteiger partial charge >= 0.3 is 0 Å². The first-order valence-corrected chi connectivity index (χ1v) is 7.60. The zero-order valence-corrected chi connectivity index (χ0v) is 12.5. The van der Waals surface area contributed by atoms with E-state index in [1.165, 1.54) is 0 Å². The summed E-state index contributed by atoms with van der Waals surface area (Å²) in [6.45, 7) is 0. The summed E-state index contributed by atoms with van der Waals surface area (Å²) in [6.07, 6.45) is 0. The van der Waals surface area contributed by atoms with Crippen molar-refractivity contribution in [3.8, 4) is 0 Å².